The van der Waals surface area contributed by atoms with Crippen molar-refractivity contribution in [2.75, 3.05) is 6.54 Å². The van der Waals surface area contributed by atoms with Crippen LogP contribution in [0.4, 0.5) is 18.0 Å². The first-order chi connectivity index (χ1) is 6.76. The van der Waals surface area contributed by atoms with Crippen molar-refractivity contribution in [1.29, 1.82) is 0 Å². The molecule has 0 aromatic rings. The Morgan fingerprint density at radius 2 is 2.00 bits per heavy atom. The minimum absolute atomic E-state index is 0.0482. The van der Waals surface area contributed by atoms with Crippen molar-refractivity contribution in [1.82, 2.24) is 5.32 Å². The summed E-state index contributed by atoms with van der Waals surface area (Å²) >= 11 is 0. The predicted molar refractivity (Wildman–Crippen MR) is 43.8 cm³/mol. The zero-order chi connectivity index (χ0) is 12.1. The number of nitrogens with two attached hydrogens (primary N) is 1. The van der Waals surface area contributed by atoms with Crippen LogP contribution >= 0.6 is 0 Å². The highest BCUT2D eigenvalue weighted by Gasteiger charge is 2.30. The van der Waals surface area contributed by atoms with Crippen LogP contribution in [0.3, 0.4) is 0 Å². The van der Waals surface area contributed by atoms with E-state index in [1.54, 1.807) is 5.32 Å². The van der Waals surface area contributed by atoms with Crippen molar-refractivity contribution in [2.45, 2.75) is 25.6 Å². The summed E-state index contributed by atoms with van der Waals surface area (Å²) in [6, 6.07) is 0. The maximum atomic E-state index is 11.7. The number of primary amides is 1. The van der Waals surface area contributed by atoms with Crippen molar-refractivity contribution in [2.24, 2.45) is 5.73 Å². The first-order valence-corrected chi connectivity index (χ1v) is 4.06. The van der Waals surface area contributed by atoms with Crippen LogP contribution in [0.25, 0.3) is 0 Å². The summed E-state index contributed by atoms with van der Waals surface area (Å²) in [4.78, 5) is 21.3. The van der Waals surface area contributed by atoms with Crippen LogP contribution in [-0.4, -0.2) is 30.8 Å². The van der Waals surface area contributed by atoms with Gasteiger partial charge in [-0.2, -0.15) is 13.2 Å². The van der Waals surface area contributed by atoms with Gasteiger partial charge in [0, 0.05) is 0 Å². The van der Waals surface area contributed by atoms with Gasteiger partial charge in [-0.3, -0.25) is 4.79 Å². The van der Waals surface area contributed by atoms with Crippen LogP contribution in [0.15, 0.2) is 0 Å². The summed E-state index contributed by atoms with van der Waals surface area (Å²) < 4.78 is 39.4. The Labute approximate surface area is 83.8 Å². The highest BCUT2D eigenvalue weighted by atomic mass is 19.4. The minimum atomic E-state index is -4.50. The monoisotopic (exact) mass is 228 g/mol. The van der Waals surface area contributed by atoms with Crippen molar-refractivity contribution >= 4 is 12.0 Å². The van der Waals surface area contributed by atoms with Crippen LogP contribution < -0.4 is 11.1 Å². The second-order valence-corrected chi connectivity index (χ2v) is 2.67. The van der Waals surface area contributed by atoms with Crippen LogP contribution in [0.5, 0.6) is 0 Å². The van der Waals surface area contributed by atoms with Crippen molar-refractivity contribution < 1.29 is 27.5 Å². The molecular formula is C7H11F3N2O3. The fourth-order valence-corrected chi connectivity index (χ4v) is 0.764. The number of hydrogen-bond donors (Lipinski definition) is 2. The molecule has 0 saturated carbocycles. The molecule has 0 aromatic carbocycles. The standard InChI is InChI=1S/C7H11F3N2O3/c1-2-4(15-6(11)14)5(13)12-3-7(8,9)10/h4H,2-3H2,1H3,(H2,11,14)(H,12,13). The molecule has 3 N–H and O–H groups in total. The van der Waals surface area contributed by atoms with Gasteiger partial charge in [0.1, 0.15) is 6.54 Å². The van der Waals surface area contributed by atoms with E-state index in [0.29, 0.717) is 0 Å². The zero-order valence-electron chi connectivity index (χ0n) is 7.93. The molecule has 0 aliphatic heterocycles. The number of amides is 2. The van der Waals surface area contributed by atoms with Crippen molar-refractivity contribution in [3.8, 4) is 0 Å². The SMILES string of the molecule is CCC(OC(N)=O)C(=O)NCC(F)(F)F. The summed E-state index contributed by atoms with van der Waals surface area (Å²) in [6.07, 6.45) is -6.94. The molecule has 0 aromatic heterocycles. The molecule has 0 fully saturated rings. The van der Waals surface area contributed by atoms with Gasteiger partial charge in [-0.15, -0.1) is 0 Å². The number of carbonyl (C=O) groups is 2. The molecule has 0 saturated heterocycles. The summed E-state index contributed by atoms with van der Waals surface area (Å²) in [5, 5.41) is 1.58. The molecule has 0 rings (SSSR count). The van der Waals surface area contributed by atoms with E-state index in [1.165, 1.54) is 6.92 Å². The maximum Gasteiger partial charge on any atom is 0.405 e. The molecule has 1 atom stereocenters. The maximum absolute atomic E-state index is 11.7. The zero-order valence-corrected chi connectivity index (χ0v) is 7.93. The first-order valence-electron chi connectivity index (χ1n) is 4.06. The Morgan fingerprint density at radius 1 is 1.47 bits per heavy atom. The van der Waals surface area contributed by atoms with Gasteiger partial charge in [0.05, 0.1) is 0 Å². The van der Waals surface area contributed by atoms with E-state index >= 15 is 0 Å². The molecule has 0 radical (unpaired) electrons. The van der Waals surface area contributed by atoms with E-state index in [4.69, 9.17) is 0 Å². The van der Waals surface area contributed by atoms with Crippen LogP contribution in [-0.2, 0) is 9.53 Å². The van der Waals surface area contributed by atoms with E-state index in [-0.39, 0.29) is 6.42 Å². The molecule has 0 aliphatic rings. The van der Waals surface area contributed by atoms with E-state index < -0.39 is 30.8 Å². The van der Waals surface area contributed by atoms with Gasteiger partial charge in [0.15, 0.2) is 6.10 Å². The van der Waals surface area contributed by atoms with Crippen LogP contribution in [0.2, 0.25) is 0 Å². The topological polar surface area (TPSA) is 81.4 Å². The lowest BCUT2D eigenvalue weighted by Crippen LogP contribution is -2.42. The number of carbonyl (C=O) groups excluding carboxylic acids is 2. The average Bonchev–Trinajstić information content (AvgIpc) is 2.08. The summed E-state index contributed by atoms with van der Waals surface area (Å²) in [5.41, 5.74) is 4.63. The third-order valence-corrected chi connectivity index (χ3v) is 1.38. The number of rotatable bonds is 4. The Morgan fingerprint density at radius 3 is 2.33 bits per heavy atom. The average molecular weight is 228 g/mol. The number of halogens is 3. The molecule has 2 amide bonds. The van der Waals surface area contributed by atoms with E-state index in [1.807, 2.05) is 0 Å². The van der Waals surface area contributed by atoms with Gasteiger partial charge in [0.2, 0.25) is 0 Å². The Balaban J connectivity index is 4.11. The number of hydrogen-bond acceptors (Lipinski definition) is 3. The normalized spacial score (nSPS) is 13.1. The lowest BCUT2D eigenvalue weighted by Gasteiger charge is -2.15. The number of nitrogens with one attached hydrogen (secondary N) is 1. The second kappa shape index (κ2) is 5.42. The highest BCUT2D eigenvalue weighted by Crippen LogP contribution is 2.12. The van der Waals surface area contributed by atoms with E-state index in [0.717, 1.165) is 0 Å². The summed E-state index contributed by atoms with van der Waals surface area (Å²) in [7, 11) is 0. The smallest absolute Gasteiger partial charge is 0.405 e. The van der Waals surface area contributed by atoms with Gasteiger partial charge >= 0.3 is 12.3 Å². The fourth-order valence-electron chi connectivity index (χ4n) is 0.764. The summed E-state index contributed by atoms with van der Waals surface area (Å²) in [5.74, 6) is -1.02. The Kier molecular flexibility index (Phi) is 4.89. The van der Waals surface area contributed by atoms with Crippen molar-refractivity contribution in [3.05, 3.63) is 0 Å². The molecule has 0 aliphatic carbocycles. The number of alkyl halides is 3. The minimum Gasteiger partial charge on any atom is -0.436 e. The lowest BCUT2D eigenvalue weighted by molar-refractivity contribution is -0.143. The van der Waals surface area contributed by atoms with Crippen LogP contribution in [0, 0.1) is 0 Å². The predicted octanol–water partition coefficient (Wildman–Crippen LogP) is 0.539. The molecule has 15 heavy (non-hydrogen) atoms. The van der Waals surface area contributed by atoms with E-state index in [9.17, 15) is 22.8 Å². The number of ether oxygens (including phenoxy) is 1. The Bertz CT molecular complexity index is 242. The van der Waals surface area contributed by atoms with Gasteiger partial charge < -0.3 is 15.8 Å². The Hall–Kier alpha value is -1.47. The molecule has 0 bridgehead atoms. The first kappa shape index (κ1) is 13.5. The highest BCUT2D eigenvalue weighted by molar-refractivity contribution is 5.83. The molecule has 0 heterocycles. The molecule has 8 heteroatoms. The van der Waals surface area contributed by atoms with E-state index in [2.05, 4.69) is 10.5 Å². The fraction of sp³-hybridized carbons (Fsp3) is 0.714. The van der Waals surface area contributed by atoms with Crippen LogP contribution in [0.1, 0.15) is 13.3 Å². The molecule has 1 unspecified atom stereocenters. The van der Waals surface area contributed by atoms with Gasteiger partial charge in [-0.05, 0) is 6.42 Å². The third kappa shape index (κ3) is 6.58. The molecule has 5 nitrogen and oxygen atoms in total. The third-order valence-electron chi connectivity index (χ3n) is 1.38. The largest absolute Gasteiger partial charge is 0.436 e. The second-order valence-electron chi connectivity index (χ2n) is 2.67. The molecule has 88 valence electrons. The lowest BCUT2D eigenvalue weighted by atomic mass is 10.2. The van der Waals surface area contributed by atoms with Gasteiger partial charge in [-0.1, -0.05) is 6.92 Å². The quantitative estimate of drug-likeness (QED) is 0.736. The van der Waals surface area contributed by atoms with Crippen molar-refractivity contribution in [3.63, 3.8) is 0 Å². The molecular weight excluding hydrogens is 217 g/mol. The van der Waals surface area contributed by atoms with Gasteiger partial charge in [-0.25, -0.2) is 4.79 Å². The van der Waals surface area contributed by atoms with Gasteiger partial charge in [0.25, 0.3) is 5.91 Å². The molecule has 0 spiro atoms. The summed E-state index contributed by atoms with van der Waals surface area (Å²) in [6.45, 7) is 0.00519.